The van der Waals surface area contributed by atoms with Gasteiger partial charge in [-0.2, -0.15) is 5.10 Å². The molecular weight excluding hydrogens is 202 g/mol. The first-order valence-corrected chi connectivity index (χ1v) is 4.18. The predicted molar refractivity (Wildman–Crippen MR) is 49.2 cm³/mol. The number of carboxylic acid groups (broad SMARTS) is 1. The number of hydrogen-bond donors (Lipinski definition) is 2. The lowest BCUT2D eigenvalue weighted by Gasteiger charge is -2.13. The average molecular weight is 213 g/mol. The van der Waals surface area contributed by atoms with Crippen LogP contribution in [-0.4, -0.2) is 40.1 Å². The molecule has 7 nitrogen and oxygen atoms in total. The molecule has 0 aliphatic heterocycles. The highest BCUT2D eigenvalue weighted by molar-refractivity contribution is 5.79. The number of nitrogens with one attached hydrogen (secondary N) is 1. The first kappa shape index (κ1) is 11.0. The minimum absolute atomic E-state index is 0.0530. The van der Waals surface area contributed by atoms with Crippen LogP contribution in [-0.2, 0) is 16.1 Å². The van der Waals surface area contributed by atoms with Gasteiger partial charge in [-0.15, -0.1) is 0 Å². The van der Waals surface area contributed by atoms with E-state index in [0.29, 0.717) is 0 Å². The smallest absolute Gasteiger partial charge is 0.407 e. The first-order valence-electron chi connectivity index (χ1n) is 4.18. The van der Waals surface area contributed by atoms with Crippen molar-refractivity contribution in [1.82, 2.24) is 15.1 Å². The van der Waals surface area contributed by atoms with Gasteiger partial charge in [-0.1, -0.05) is 0 Å². The Labute approximate surface area is 85.6 Å². The normalized spacial score (nSPS) is 11.8. The monoisotopic (exact) mass is 213 g/mol. The number of nitrogens with zero attached hydrogens (tertiary/aromatic N) is 2. The Balaban J connectivity index is 2.59. The Hall–Kier alpha value is -2.05. The Kier molecular flexibility index (Phi) is 3.67. The first-order chi connectivity index (χ1) is 7.13. The van der Waals surface area contributed by atoms with E-state index in [4.69, 9.17) is 5.11 Å². The SMILES string of the molecule is COC(=O)N[C@@H](Cn1cccn1)C(=O)O. The van der Waals surface area contributed by atoms with Crippen LogP contribution in [0.5, 0.6) is 0 Å². The van der Waals surface area contributed by atoms with E-state index in [-0.39, 0.29) is 6.54 Å². The summed E-state index contributed by atoms with van der Waals surface area (Å²) in [4.78, 5) is 21.6. The molecule has 0 bridgehead atoms. The average Bonchev–Trinajstić information content (AvgIpc) is 2.69. The minimum atomic E-state index is -1.14. The van der Waals surface area contributed by atoms with Gasteiger partial charge in [0.05, 0.1) is 13.7 Å². The Bertz CT molecular complexity index is 336. The number of aliphatic carboxylic acids is 1. The molecule has 15 heavy (non-hydrogen) atoms. The molecule has 0 radical (unpaired) electrons. The topological polar surface area (TPSA) is 93.5 Å². The highest BCUT2D eigenvalue weighted by Crippen LogP contribution is 1.93. The van der Waals surface area contributed by atoms with Gasteiger partial charge in [-0.05, 0) is 6.07 Å². The molecule has 0 fully saturated rings. The van der Waals surface area contributed by atoms with Crippen LogP contribution in [0.4, 0.5) is 4.79 Å². The third kappa shape index (κ3) is 3.29. The second-order valence-corrected chi connectivity index (χ2v) is 2.75. The lowest BCUT2D eigenvalue weighted by atomic mass is 10.3. The zero-order chi connectivity index (χ0) is 11.3. The Morgan fingerprint density at radius 3 is 2.87 bits per heavy atom. The highest BCUT2D eigenvalue weighted by Gasteiger charge is 2.20. The van der Waals surface area contributed by atoms with Crippen molar-refractivity contribution in [3.8, 4) is 0 Å². The maximum atomic E-state index is 10.8. The van der Waals surface area contributed by atoms with Crippen LogP contribution in [0.1, 0.15) is 0 Å². The predicted octanol–water partition coefficient (Wildman–Crippen LogP) is -0.308. The van der Waals surface area contributed by atoms with E-state index in [9.17, 15) is 9.59 Å². The van der Waals surface area contributed by atoms with Gasteiger partial charge in [-0.3, -0.25) is 4.68 Å². The van der Waals surface area contributed by atoms with Crippen LogP contribution in [0, 0.1) is 0 Å². The fourth-order valence-corrected chi connectivity index (χ4v) is 0.982. The fourth-order valence-electron chi connectivity index (χ4n) is 0.982. The molecular formula is C8H11N3O4. The maximum absolute atomic E-state index is 10.8. The largest absolute Gasteiger partial charge is 0.480 e. The van der Waals surface area contributed by atoms with Crippen molar-refractivity contribution < 1.29 is 19.4 Å². The molecule has 0 unspecified atom stereocenters. The summed E-state index contributed by atoms with van der Waals surface area (Å²) in [5.41, 5.74) is 0. The summed E-state index contributed by atoms with van der Waals surface area (Å²) in [5, 5.41) is 14.8. The van der Waals surface area contributed by atoms with E-state index >= 15 is 0 Å². The Morgan fingerprint density at radius 1 is 1.67 bits per heavy atom. The zero-order valence-electron chi connectivity index (χ0n) is 8.08. The van der Waals surface area contributed by atoms with Crippen molar-refractivity contribution in [2.75, 3.05) is 7.11 Å². The second-order valence-electron chi connectivity index (χ2n) is 2.75. The highest BCUT2D eigenvalue weighted by atomic mass is 16.5. The van der Waals surface area contributed by atoms with Gasteiger partial charge in [0, 0.05) is 12.4 Å². The van der Waals surface area contributed by atoms with Crippen LogP contribution >= 0.6 is 0 Å². The summed E-state index contributed by atoms with van der Waals surface area (Å²) < 4.78 is 5.72. The van der Waals surface area contributed by atoms with Gasteiger partial charge in [0.15, 0.2) is 0 Å². The zero-order valence-corrected chi connectivity index (χ0v) is 8.08. The summed E-state index contributed by atoms with van der Waals surface area (Å²) in [6.45, 7) is 0.0530. The van der Waals surface area contributed by atoms with E-state index < -0.39 is 18.1 Å². The van der Waals surface area contributed by atoms with Gasteiger partial charge in [0.2, 0.25) is 0 Å². The van der Waals surface area contributed by atoms with Crippen molar-refractivity contribution in [1.29, 1.82) is 0 Å². The molecule has 0 aliphatic rings. The summed E-state index contributed by atoms with van der Waals surface area (Å²) in [5.74, 6) is -1.14. The van der Waals surface area contributed by atoms with Crippen molar-refractivity contribution in [3.63, 3.8) is 0 Å². The van der Waals surface area contributed by atoms with Crippen LogP contribution in [0.2, 0.25) is 0 Å². The lowest BCUT2D eigenvalue weighted by molar-refractivity contribution is -0.139. The number of hydrogen-bond acceptors (Lipinski definition) is 4. The quantitative estimate of drug-likeness (QED) is 0.715. The van der Waals surface area contributed by atoms with Crippen molar-refractivity contribution >= 4 is 12.1 Å². The van der Waals surface area contributed by atoms with Crippen LogP contribution in [0.15, 0.2) is 18.5 Å². The maximum Gasteiger partial charge on any atom is 0.407 e. The summed E-state index contributed by atoms with van der Waals surface area (Å²) in [6.07, 6.45) is 2.35. The summed E-state index contributed by atoms with van der Waals surface area (Å²) in [7, 11) is 1.17. The number of amides is 1. The van der Waals surface area contributed by atoms with E-state index in [0.717, 1.165) is 0 Å². The molecule has 0 saturated carbocycles. The summed E-state index contributed by atoms with van der Waals surface area (Å²) in [6, 6.07) is 0.606. The van der Waals surface area contributed by atoms with Gasteiger partial charge in [-0.25, -0.2) is 9.59 Å². The van der Waals surface area contributed by atoms with Gasteiger partial charge in [0.25, 0.3) is 0 Å². The standard InChI is InChI=1S/C8H11N3O4/c1-15-8(14)10-6(7(12)13)5-11-4-2-3-9-11/h2-4,6H,5H2,1H3,(H,10,14)(H,12,13)/t6-/m0/s1. The number of alkyl carbamates (subject to hydrolysis) is 1. The molecule has 0 saturated heterocycles. The van der Waals surface area contributed by atoms with Crippen LogP contribution in [0.25, 0.3) is 0 Å². The Morgan fingerprint density at radius 2 is 2.40 bits per heavy atom. The number of rotatable bonds is 4. The summed E-state index contributed by atoms with van der Waals surface area (Å²) >= 11 is 0. The van der Waals surface area contributed by atoms with E-state index in [1.165, 1.54) is 18.0 Å². The van der Waals surface area contributed by atoms with Gasteiger partial charge in [0.1, 0.15) is 6.04 Å². The van der Waals surface area contributed by atoms with Gasteiger partial charge < -0.3 is 15.2 Å². The number of methoxy groups -OCH3 is 1. The molecule has 1 aromatic rings. The molecule has 7 heteroatoms. The third-order valence-electron chi connectivity index (χ3n) is 1.70. The van der Waals surface area contributed by atoms with E-state index in [2.05, 4.69) is 15.2 Å². The molecule has 1 heterocycles. The van der Waals surface area contributed by atoms with Crippen molar-refractivity contribution in [2.24, 2.45) is 0 Å². The fraction of sp³-hybridized carbons (Fsp3) is 0.375. The molecule has 2 N–H and O–H groups in total. The van der Waals surface area contributed by atoms with Crippen molar-refractivity contribution in [2.45, 2.75) is 12.6 Å². The van der Waals surface area contributed by atoms with Crippen molar-refractivity contribution in [3.05, 3.63) is 18.5 Å². The van der Waals surface area contributed by atoms with E-state index in [1.54, 1.807) is 12.3 Å². The number of carboxylic acids is 1. The molecule has 1 rings (SSSR count). The minimum Gasteiger partial charge on any atom is -0.480 e. The molecule has 1 aromatic heterocycles. The number of aromatic nitrogens is 2. The van der Waals surface area contributed by atoms with Crippen LogP contribution in [0.3, 0.4) is 0 Å². The van der Waals surface area contributed by atoms with E-state index in [1.807, 2.05) is 0 Å². The third-order valence-corrected chi connectivity index (χ3v) is 1.70. The number of carbonyl (C=O) groups excluding carboxylic acids is 1. The molecule has 0 spiro atoms. The number of ether oxygens (including phenoxy) is 1. The van der Waals surface area contributed by atoms with Crippen LogP contribution < -0.4 is 5.32 Å². The molecule has 0 aromatic carbocycles. The number of carbonyl (C=O) groups is 2. The second kappa shape index (κ2) is 4.99. The van der Waals surface area contributed by atoms with Gasteiger partial charge >= 0.3 is 12.1 Å². The molecule has 0 aliphatic carbocycles. The molecule has 82 valence electrons. The molecule has 1 atom stereocenters. The lowest BCUT2D eigenvalue weighted by Crippen LogP contribution is -2.43. The molecule has 1 amide bonds.